The molecule has 1 N–H and O–H groups in total. The van der Waals surface area contributed by atoms with Crippen LogP contribution in [0.5, 0.6) is 0 Å². The topological polar surface area (TPSA) is 29.5 Å². The molecule has 0 aromatic heterocycles. The summed E-state index contributed by atoms with van der Waals surface area (Å²) in [5.41, 5.74) is -0.420. The number of hydrogen-bond donors (Lipinski definition) is 1. The Labute approximate surface area is 61.5 Å². The molecule has 2 nitrogen and oxygen atoms in total. The van der Waals surface area contributed by atoms with Crippen molar-refractivity contribution in [3.63, 3.8) is 0 Å². The third-order valence-electron chi connectivity index (χ3n) is 1.73. The molecule has 1 atom stereocenters. The largest absolute Gasteiger partial charge is 0.393 e. The summed E-state index contributed by atoms with van der Waals surface area (Å²) in [7, 11) is 0. The minimum absolute atomic E-state index is 0.0729. The summed E-state index contributed by atoms with van der Waals surface area (Å²) >= 11 is 0. The molecule has 0 aliphatic carbocycles. The zero-order valence-electron chi connectivity index (χ0n) is 6.34. The van der Waals surface area contributed by atoms with E-state index in [1.807, 2.05) is 13.0 Å². The molecule has 0 aromatic rings. The Morgan fingerprint density at radius 3 is 3.20 bits per heavy atom. The van der Waals surface area contributed by atoms with Crippen molar-refractivity contribution < 1.29 is 9.84 Å². The van der Waals surface area contributed by atoms with Crippen LogP contribution >= 0.6 is 0 Å². The quantitative estimate of drug-likeness (QED) is 0.555. The molecule has 1 unspecified atom stereocenters. The highest BCUT2D eigenvalue weighted by Gasteiger charge is 2.20. The van der Waals surface area contributed by atoms with Crippen LogP contribution in [0.3, 0.4) is 0 Å². The summed E-state index contributed by atoms with van der Waals surface area (Å²) in [4.78, 5) is 0. The molecule has 1 aliphatic rings. The van der Waals surface area contributed by atoms with Crippen molar-refractivity contribution in [3.8, 4) is 0 Å². The maximum absolute atomic E-state index is 8.90. The van der Waals surface area contributed by atoms with Gasteiger partial charge in [0.05, 0.1) is 6.61 Å². The third kappa shape index (κ3) is 1.82. The molecule has 0 fully saturated rings. The van der Waals surface area contributed by atoms with Crippen LogP contribution in [0.2, 0.25) is 0 Å². The van der Waals surface area contributed by atoms with Gasteiger partial charge in [0, 0.05) is 6.61 Å². The summed E-state index contributed by atoms with van der Waals surface area (Å²) < 4.78 is 5.40. The van der Waals surface area contributed by atoms with E-state index in [2.05, 4.69) is 6.08 Å². The zero-order chi connectivity index (χ0) is 7.45. The second kappa shape index (κ2) is 3.17. The van der Waals surface area contributed by atoms with Gasteiger partial charge in [-0.25, -0.2) is 0 Å². The van der Waals surface area contributed by atoms with E-state index in [1.54, 1.807) is 0 Å². The van der Waals surface area contributed by atoms with Crippen LogP contribution in [-0.4, -0.2) is 23.9 Å². The smallest absolute Gasteiger partial charge is 0.106 e. The fourth-order valence-electron chi connectivity index (χ4n) is 0.986. The SMILES string of the molecule is CC1(CO)C=CCCCO1. The minimum atomic E-state index is -0.420. The molecule has 1 aliphatic heterocycles. The molecule has 0 amide bonds. The number of aliphatic hydroxyl groups is 1. The monoisotopic (exact) mass is 142 g/mol. The van der Waals surface area contributed by atoms with E-state index in [4.69, 9.17) is 9.84 Å². The fraction of sp³-hybridized carbons (Fsp3) is 0.750. The lowest BCUT2D eigenvalue weighted by molar-refractivity contribution is -0.0297. The van der Waals surface area contributed by atoms with Gasteiger partial charge in [0.2, 0.25) is 0 Å². The van der Waals surface area contributed by atoms with Gasteiger partial charge in [0.25, 0.3) is 0 Å². The van der Waals surface area contributed by atoms with E-state index < -0.39 is 5.60 Å². The van der Waals surface area contributed by atoms with Crippen LogP contribution in [0, 0.1) is 0 Å². The van der Waals surface area contributed by atoms with E-state index in [9.17, 15) is 0 Å². The number of rotatable bonds is 1. The first-order valence-corrected chi connectivity index (χ1v) is 3.69. The summed E-state index contributed by atoms with van der Waals surface area (Å²) in [5.74, 6) is 0. The fourth-order valence-corrected chi connectivity index (χ4v) is 0.986. The van der Waals surface area contributed by atoms with Crippen LogP contribution in [-0.2, 0) is 4.74 Å². The Kier molecular flexibility index (Phi) is 2.46. The van der Waals surface area contributed by atoms with Gasteiger partial charge in [-0.2, -0.15) is 0 Å². The van der Waals surface area contributed by atoms with Crippen molar-refractivity contribution in [3.05, 3.63) is 12.2 Å². The molecule has 1 heterocycles. The number of aliphatic hydroxyl groups excluding tert-OH is 1. The van der Waals surface area contributed by atoms with Crippen molar-refractivity contribution in [2.45, 2.75) is 25.4 Å². The lowest BCUT2D eigenvalue weighted by atomic mass is 10.1. The molecular weight excluding hydrogens is 128 g/mol. The van der Waals surface area contributed by atoms with E-state index >= 15 is 0 Å². The van der Waals surface area contributed by atoms with Crippen molar-refractivity contribution in [2.24, 2.45) is 0 Å². The highest BCUT2D eigenvalue weighted by molar-refractivity contribution is 5.00. The first kappa shape index (κ1) is 7.76. The van der Waals surface area contributed by atoms with Gasteiger partial charge in [-0.1, -0.05) is 12.2 Å². The molecular formula is C8H14O2. The summed E-state index contributed by atoms with van der Waals surface area (Å²) in [6.45, 7) is 2.72. The van der Waals surface area contributed by atoms with Gasteiger partial charge in [-0.15, -0.1) is 0 Å². The summed E-state index contributed by atoms with van der Waals surface area (Å²) in [6.07, 6.45) is 6.14. The number of hydrogen-bond acceptors (Lipinski definition) is 2. The second-order valence-electron chi connectivity index (χ2n) is 2.86. The van der Waals surface area contributed by atoms with Crippen LogP contribution in [0.15, 0.2) is 12.2 Å². The first-order valence-electron chi connectivity index (χ1n) is 3.69. The molecule has 1 rings (SSSR count). The normalized spacial score (nSPS) is 33.8. The van der Waals surface area contributed by atoms with Crippen molar-refractivity contribution in [1.82, 2.24) is 0 Å². The Hall–Kier alpha value is -0.340. The van der Waals surface area contributed by atoms with Gasteiger partial charge < -0.3 is 9.84 Å². The van der Waals surface area contributed by atoms with Crippen LogP contribution in [0.25, 0.3) is 0 Å². The predicted octanol–water partition coefficient (Wildman–Crippen LogP) is 1.10. The molecule has 10 heavy (non-hydrogen) atoms. The lowest BCUT2D eigenvalue weighted by Crippen LogP contribution is -2.30. The molecule has 2 heteroatoms. The Morgan fingerprint density at radius 2 is 2.50 bits per heavy atom. The maximum atomic E-state index is 8.90. The van der Waals surface area contributed by atoms with Gasteiger partial charge in [0.15, 0.2) is 0 Å². The van der Waals surface area contributed by atoms with Crippen molar-refractivity contribution in [1.29, 1.82) is 0 Å². The Balaban J connectivity index is 2.55. The standard InChI is InChI=1S/C8H14O2/c1-8(7-9)5-3-2-4-6-10-8/h3,5,9H,2,4,6-7H2,1H3. The van der Waals surface area contributed by atoms with E-state index in [1.165, 1.54) is 0 Å². The number of ether oxygens (including phenoxy) is 1. The van der Waals surface area contributed by atoms with Gasteiger partial charge in [-0.3, -0.25) is 0 Å². The van der Waals surface area contributed by atoms with Gasteiger partial charge in [0.1, 0.15) is 5.60 Å². The second-order valence-corrected chi connectivity index (χ2v) is 2.86. The Bertz CT molecular complexity index is 131. The van der Waals surface area contributed by atoms with E-state index in [0.29, 0.717) is 0 Å². The molecule has 0 radical (unpaired) electrons. The van der Waals surface area contributed by atoms with E-state index in [-0.39, 0.29) is 6.61 Å². The average Bonchev–Trinajstić information content (AvgIpc) is 2.15. The van der Waals surface area contributed by atoms with Crippen molar-refractivity contribution in [2.75, 3.05) is 13.2 Å². The van der Waals surface area contributed by atoms with Crippen LogP contribution < -0.4 is 0 Å². The molecule has 0 aromatic carbocycles. The molecule has 0 bridgehead atoms. The molecule has 0 spiro atoms. The zero-order valence-corrected chi connectivity index (χ0v) is 6.34. The first-order chi connectivity index (χ1) is 4.77. The highest BCUT2D eigenvalue weighted by Crippen LogP contribution is 2.16. The van der Waals surface area contributed by atoms with Gasteiger partial charge in [-0.05, 0) is 19.8 Å². The predicted molar refractivity (Wildman–Crippen MR) is 39.8 cm³/mol. The van der Waals surface area contributed by atoms with Crippen LogP contribution in [0.1, 0.15) is 19.8 Å². The van der Waals surface area contributed by atoms with E-state index in [0.717, 1.165) is 19.4 Å². The van der Waals surface area contributed by atoms with Crippen molar-refractivity contribution >= 4 is 0 Å². The maximum Gasteiger partial charge on any atom is 0.106 e. The molecule has 0 saturated heterocycles. The van der Waals surface area contributed by atoms with Crippen LogP contribution in [0.4, 0.5) is 0 Å². The minimum Gasteiger partial charge on any atom is -0.393 e. The summed E-state index contributed by atoms with van der Waals surface area (Å²) in [6, 6.07) is 0. The van der Waals surface area contributed by atoms with Gasteiger partial charge >= 0.3 is 0 Å². The Morgan fingerprint density at radius 1 is 1.70 bits per heavy atom. The highest BCUT2D eigenvalue weighted by atomic mass is 16.5. The summed E-state index contributed by atoms with van der Waals surface area (Å²) in [5, 5.41) is 8.90. The third-order valence-corrected chi connectivity index (χ3v) is 1.73. The molecule has 58 valence electrons. The molecule has 0 saturated carbocycles. The average molecular weight is 142 g/mol. The number of allylic oxidation sites excluding steroid dienone is 1. The lowest BCUT2D eigenvalue weighted by Gasteiger charge is -2.22.